The second kappa shape index (κ2) is 6.01. The first-order valence-electron chi connectivity index (χ1n) is 5.66. The van der Waals surface area contributed by atoms with Gasteiger partial charge in [-0.15, -0.1) is 47.0 Å². The van der Waals surface area contributed by atoms with Crippen LogP contribution in [0.15, 0.2) is 36.0 Å². The van der Waals surface area contributed by atoms with Gasteiger partial charge < -0.3 is 0 Å². The molecule has 0 atom stereocenters. The largest absolute Gasteiger partial charge is 0.288 e. The van der Waals surface area contributed by atoms with Crippen LogP contribution in [0.1, 0.15) is 0 Å². The number of hydrogen-bond acceptors (Lipinski definition) is 7. The molecule has 0 bridgehead atoms. The summed E-state index contributed by atoms with van der Waals surface area (Å²) in [5, 5.41) is 7.68. The number of rotatable bonds is 2. The fourth-order valence-electron chi connectivity index (χ4n) is 1.83. The fraction of sp³-hybridized carbons (Fsp3) is 0.154. The van der Waals surface area contributed by atoms with Gasteiger partial charge in [0.2, 0.25) is 16.3 Å². The van der Waals surface area contributed by atoms with Crippen molar-refractivity contribution in [1.29, 1.82) is 0 Å². The summed E-state index contributed by atoms with van der Waals surface area (Å²) in [6.07, 6.45) is 3.21. The highest BCUT2D eigenvalue weighted by atomic mass is 32.2. The minimum atomic E-state index is -0.671. The Labute approximate surface area is 131 Å². The molecule has 7 heteroatoms. The first-order valence-corrected chi connectivity index (χ1v) is 9.43. The molecule has 102 valence electrons. The number of thioether (sulfide) groups is 4. The Bertz CT molecular complexity index is 761. The Balaban J connectivity index is 2.12. The second-order valence-electron chi connectivity index (χ2n) is 3.97. The van der Waals surface area contributed by atoms with Crippen LogP contribution in [0.4, 0.5) is 0 Å². The Hall–Kier alpha value is -0.630. The third kappa shape index (κ3) is 2.72. The topological polar surface area (TPSA) is 51.2 Å². The van der Waals surface area contributed by atoms with Crippen LogP contribution in [0.3, 0.4) is 0 Å². The zero-order chi connectivity index (χ0) is 14.1. The van der Waals surface area contributed by atoms with Gasteiger partial charge in [-0.25, -0.2) is 0 Å². The van der Waals surface area contributed by atoms with E-state index in [1.165, 1.54) is 47.0 Å². The lowest BCUT2D eigenvalue weighted by Gasteiger charge is -1.96. The maximum absolute atomic E-state index is 12.2. The summed E-state index contributed by atoms with van der Waals surface area (Å²) < 4.78 is 0.00361. The molecule has 0 unspecified atom stereocenters. The van der Waals surface area contributed by atoms with Gasteiger partial charge in [0.15, 0.2) is 0 Å². The summed E-state index contributed by atoms with van der Waals surface area (Å²) in [5.41, 5.74) is -1.77. The van der Waals surface area contributed by atoms with Crippen molar-refractivity contribution in [2.45, 2.75) is 9.16 Å². The SMILES string of the molecule is O=c1c(=O)c(=CC2SC=CS2)c(=O)c1=CC1SC=CS1. The summed E-state index contributed by atoms with van der Waals surface area (Å²) >= 11 is 6.08. The average molecular weight is 340 g/mol. The highest BCUT2D eigenvalue weighted by Gasteiger charge is 2.16. The van der Waals surface area contributed by atoms with Crippen LogP contribution in [0.25, 0.3) is 12.2 Å². The van der Waals surface area contributed by atoms with E-state index in [2.05, 4.69) is 0 Å². The highest BCUT2D eigenvalue weighted by molar-refractivity contribution is 8.23. The minimum absolute atomic E-state index is 0.00180. The molecule has 2 heterocycles. The molecule has 0 aliphatic carbocycles. The number of hydrogen-bond donors (Lipinski definition) is 0. The molecule has 20 heavy (non-hydrogen) atoms. The molecule has 0 saturated heterocycles. The van der Waals surface area contributed by atoms with E-state index in [1.807, 2.05) is 21.6 Å². The molecule has 3 nitrogen and oxygen atoms in total. The molecule has 0 radical (unpaired) electrons. The van der Waals surface area contributed by atoms with Gasteiger partial charge in [0.25, 0.3) is 0 Å². The van der Waals surface area contributed by atoms with Crippen LogP contribution in [0.2, 0.25) is 0 Å². The minimum Gasteiger partial charge on any atom is -0.288 e. The Morgan fingerprint density at radius 1 is 0.650 bits per heavy atom. The van der Waals surface area contributed by atoms with Crippen molar-refractivity contribution >= 4 is 59.2 Å². The van der Waals surface area contributed by atoms with Crippen LogP contribution >= 0.6 is 47.0 Å². The van der Waals surface area contributed by atoms with E-state index >= 15 is 0 Å². The molecule has 0 N–H and O–H groups in total. The summed E-state index contributed by atoms with van der Waals surface area (Å²) in [6.45, 7) is 0. The van der Waals surface area contributed by atoms with Crippen LogP contribution < -0.4 is 26.7 Å². The first kappa shape index (κ1) is 14.3. The summed E-state index contributed by atoms with van der Waals surface area (Å²) in [7, 11) is 0. The molecule has 0 aromatic heterocycles. The van der Waals surface area contributed by atoms with E-state index < -0.39 is 16.3 Å². The van der Waals surface area contributed by atoms with Crippen LogP contribution in [0, 0.1) is 0 Å². The second-order valence-corrected chi connectivity index (χ2v) is 8.78. The molecule has 0 saturated carbocycles. The van der Waals surface area contributed by atoms with Gasteiger partial charge in [-0.1, -0.05) is 0 Å². The molecular formula is C13H8O3S4. The van der Waals surface area contributed by atoms with Gasteiger partial charge in [0.1, 0.15) is 0 Å². The summed E-state index contributed by atoms with van der Waals surface area (Å²) in [5.74, 6) is 0. The monoisotopic (exact) mass is 340 g/mol. The molecule has 0 fully saturated rings. The van der Waals surface area contributed by atoms with Crippen molar-refractivity contribution in [3.8, 4) is 0 Å². The summed E-state index contributed by atoms with van der Waals surface area (Å²) in [6, 6.07) is 0. The Kier molecular flexibility index (Phi) is 4.30. The average Bonchev–Trinajstić information content (AvgIpc) is 3.15. The van der Waals surface area contributed by atoms with Gasteiger partial charge in [-0.2, -0.15) is 0 Å². The molecular weight excluding hydrogens is 332 g/mol. The van der Waals surface area contributed by atoms with E-state index in [4.69, 9.17) is 0 Å². The van der Waals surface area contributed by atoms with Gasteiger partial charge in [0.05, 0.1) is 19.6 Å². The van der Waals surface area contributed by atoms with E-state index in [1.54, 1.807) is 12.2 Å². The lowest BCUT2D eigenvalue weighted by atomic mass is 10.4. The van der Waals surface area contributed by atoms with Gasteiger partial charge in [-0.05, 0) is 33.8 Å². The highest BCUT2D eigenvalue weighted by Crippen LogP contribution is 2.34. The van der Waals surface area contributed by atoms with Crippen molar-refractivity contribution in [1.82, 2.24) is 0 Å². The van der Waals surface area contributed by atoms with Crippen LogP contribution in [-0.4, -0.2) is 9.16 Å². The maximum atomic E-state index is 12.2. The molecule has 2 aliphatic rings. The normalized spacial score (nSPS) is 21.6. The quantitative estimate of drug-likeness (QED) is 0.737. The Morgan fingerprint density at radius 2 is 1.00 bits per heavy atom. The summed E-state index contributed by atoms with van der Waals surface area (Å²) in [4.78, 5) is 36.1. The fourth-order valence-corrected chi connectivity index (χ4v) is 5.62. The van der Waals surface area contributed by atoms with Crippen molar-refractivity contribution in [3.05, 3.63) is 62.7 Å². The van der Waals surface area contributed by atoms with E-state index in [0.717, 1.165) is 0 Å². The maximum Gasteiger partial charge on any atom is 0.237 e. The molecule has 0 spiro atoms. The van der Waals surface area contributed by atoms with E-state index in [9.17, 15) is 14.4 Å². The molecule has 3 rings (SSSR count). The van der Waals surface area contributed by atoms with Crippen molar-refractivity contribution in [2.75, 3.05) is 0 Å². The Morgan fingerprint density at radius 3 is 1.35 bits per heavy atom. The lowest BCUT2D eigenvalue weighted by molar-refractivity contribution is 1.51. The van der Waals surface area contributed by atoms with Crippen LogP contribution in [0.5, 0.6) is 0 Å². The molecule has 2 aliphatic heterocycles. The van der Waals surface area contributed by atoms with Crippen LogP contribution in [-0.2, 0) is 0 Å². The molecule has 1 aromatic carbocycles. The molecule has 1 aromatic rings. The standard InChI is InChI=1S/C13H8O3S4/c14-11-7(5-9-17-1-2-18-9)12(15)13(16)8(11)6-10-19-3-4-20-10/h1-6,9-10H. The first-order chi connectivity index (χ1) is 9.66. The smallest absolute Gasteiger partial charge is 0.237 e. The van der Waals surface area contributed by atoms with Crippen molar-refractivity contribution in [3.63, 3.8) is 0 Å². The molecule has 0 amide bonds. The third-order valence-corrected chi connectivity index (χ3v) is 7.22. The van der Waals surface area contributed by atoms with Gasteiger partial charge in [-0.3, -0.25) is 14.4 Å². The zero-order valence-electron chi connectivity index (χ0n) is 9.98. The lowest BCUT2D eigenvalue weighted by Crippen LogP contribution is -2.37. The van der Waals surface area contributed by atoms with Crippen molar-refractivity contribution in [2.24, 2.45) is 0 Å². The van der Waals surface area contributed by atoms with Gasteiger partial charge >= 0.3 is 0 Å². The predicted octanol–water partition coefficient (Wildman–Crippen LogP) is 0.758. The van der Waals surface area contributed by atoms with Crippen molar-refractivity contribution < 1.29 is 0 Å². The van der Waals surface area contributed by atoms with E-state index in [-0.39, 0.29) is 19.6 Å². The van der Waals surface area contributed by atoms with E-state index in [0.29, 0.717) is 0 Å². The predicted molar refractivity (Wildman–Crippen MR) is 92.0 cm³/mol. The third-order valence-electron chi connectivity index (χ3n) is 2.75. The van der Waals surface area contributed by atoms with Gasteiger partial charge in [0, 0.05) is 0 Å². The zero-order valence-corrected chi connectivity index (χ0v) is 13.2.